The number of nitrogens with two attached hydrogens (primary N) is 1. The van der Waals surface area contributed by atoms with E-state index in [1.54, 1.807) is 0 Å². The minimum absolute atomic E-state index is 0.196. The van der Waals surface area contributed by atoms with Gasteiger partial charge in [0, 0.05) is 24.1 Å². The minimum Gasteiger partial charge on any atom is -0.505 e. The number of hydrogen-bond acceptors (Lipinski definition) is 3. The summed E-state index contributed by atoms with van der Waals surface area (Å²) in [6.07, 6.45) is 0.678. The molecule has 0 amide bonds. The number of benzene rings is 1. The summed E-state index contributed by atoms with van der Waals surface area (Å²) in [5.41, 5.74) is 6.36. The lowest BCUT2D eigenvalue weighted by Crippen LogP contribution is -2.20. The summed E-state index contributed by atoms with van der Waals surface area (Å²) in [5, 5.41) is 9.07. The van der Waals surface area contributed by atoms with E-state index in [2.05, 4.69) is 0 Å². The van der Waals surface area contributed by atoms with Crippen LogP contribution in [0, 0.1) is 5.82 Å². The van der Waals surface area contributed by atoms with E-state index < -0.39 is 11.6 Å². The highest BCUT2D eigenvalue weighted by molar-refractivity contribution is 5.43. The zero-order valence-electron chi connectivity index (χ0n) is 6.96. The fraction of sp³-hybridized carbons (Fsp3) is 0.333. The molecule has 0 aliphatic carbocycles. The van der Waals surface area contributed by atoms with E-state index in [1.165, 1.54) is 12.1 Å². The van der Waals surface area contributed by atoms with Crippen molar-refractivity contribution in [1.29, 1.82) is 0 Å². The van der Waals surface area contributed by atoms with Gasteiger partial charge >= 0.3 is 0 Å². The van der Waals surface area contributed by atoms with Crippen molar-refractivity contribution in [2.45, 2.75) is 12.5 Å². The molecule has 0 saturated heterocycles. The summed E-state index contributed by atoms with van der Waals surface area (Å²) >= 11 is 0. The summed E-state index contributed by atoms with van der Waals surface area (Å²) in [7, 11) is 0. The van der Waals surface area contributed by atoms with Gasteiger partial charge in [0.1, 0.15) is 5.75 Å². The minimum atomic E-state index is -0.653. The molecule has 1 aromatic carbocycles. The van der Waals surface area contributed by atoms with Gasteiger partial charge in [-0.15, -0.1) is 0 Å². The Labute approximate surface area is 74.9 Å². The molecule has 13 heavy (non-hydrogen) atoms. The molecule has 0 fully saturated rings. The Bertz CT molecular complexity index is 341. The Hall–Kier alpha value is -1.29. The van der Waals surface area contributed by atoms with Gasteiger partial charge < -0.3 is 15.6 Å². The second-order valence-corrected chi connectivity index (χ2v) is 3.09. The van der Waals surface area contributed by atoms with Crippen LogP contribution in [0.2, 0.25) is 0 Å². The Morgan fingerprint density at radius 2 is 2.31 bits per heavy atom. The van der Waals surface area contributed by atoms with E-state index >= 15 is 0 Å². The predicted octanol–water partition coefficient (Wildman–Crippen LogP) is 1.31. The Morgan fingerprint density at radius 1 is 1.54 bits per heavy atom. The van der Waals surface area contributed by atoms with Crippen LogP contribution in [0.5, 0.6) is 11.5 Å². The first-order valence-electron chi connectivity index (χ1n) is 4.09. The van der Waals surface area contributed by atoms with Gasteiger partial charge in [-0.3, -0.25) is 0 Å². The Kier molecular flexibility index (Phi) is 1.84. The van der Waals surface area contributed by atoms with Crippen molar-refractivity contribution in [3.05, 3.63) is 23.5 Å². The predicted molar refractivity (Wildman–Crippen MR) is 45.1 cm³/mol. The molecule has 0 saturated carbocycles. The van der Waals surface area contributed by atoms with Crippen molar-refractivity contribution in [2.75, 3.05) is 6.61 Å². The molecule has 0 bridgehead atoms. The standard InChI is InChI=1S/C9H10FNO2/c10-6-3-5-7(11)1-2-13-9(5)4-8(6)12/h3-4,7,12H,1-2,11H2/t7-/m0/s1. The molecule has 1 aliphatic rings. The van der Waals surface area contributed by atoms with Crippen molar-refractivity contribution >= 4 is 0 Å². The molecule has 2 rings (SSSR count). The Morgan fingerprint density at radius 3 is 3.08 bits per heavy atom. The van der Waals surface area contributed by atoms with Crippen molar-refractivity contribution in [1.82, 2.24) is 0 Å². The second-order valence-electron chi connectivity index (χ2n) is 3.09. The molecule has 3 nitrogen and oxygen atoms in total. The molecule has 1 heterocycles. The lowest BCUT2D eigenvalue weighted by Gasteiger charge is -2.22. The lowest BCUT2D eigenvalue weighted by molar-refractivity contribution is 0.265. The van der Waals surface area contributed by atoms with E-state index in [-0.39, 0.29) is 6.04 Å². The molecular weight excluding hydrogens is 173 g/mol. The molecule has 1 aliphatic heterocycles. The third-order valence-electron chi connectivity index (χ3n) is 2.17. The first-order valence-corrected chi connectivity index (χ1v) is 4.09. The number of hydrogen-bond donors (Lipinski definition) is 2. The number of fused-ring (bicyclic) bond motifs is 1. The van der Waals surface area contributed by atoms with Gasteiger partial charge in [-0.25, -0.2) is 4.39 Å². The Balaban J connectivity index is 2.52. The number of ether oxygens (including phenoxy) is 1. The smallest absolute Gasteiger partial charge is 0.165 e. The highest BCUT2D eigenvalue weighted by Crippen LogP contribution is 2.34. The SMILES string of the molecule is N[C@H]1CCOc2cc(O)c(F)cc21. The van der Waals surface area contributed by atoms with E-state index in [1.807, 2.05) is 0 Å². The lowest BCUT2D eigenvalue weighted by atomic mass is 10.0. The first-order chi connectivity index (χ1) is 6.18. The van der Waals surface area contributed by atoms with Crippen molar-refractivity contribution in [2.24, 2.45) is 5.73 Å². The van der Waals surface area contributed by atoms with Gasteiger partial charge in [0.2, 0.25) is 0 Å². The first kappa shape index (κ1) is 8.31. The molecule has 70 valence electrons. The molecule has 1 atom stereocenters. The van der Waals surface area contributed by atoms with E-state index in [0.717, 1.165) is 0 Å². The third-order valence-corrected chi connectivity index (χ3v) is 2.17. The van der Waals surface area contributed by atoms with Gasteiger partial charge in [0.25, 0.3) is 0 Å². The quantitative estimate of drug-likeness (QED) is 0.637. The number of phenolic OH excluding ortho intramolecular Hbond substituents is 1. The van der Waals surface area contributed by atoms with Crippen LogP contribution in [0.25, 0.3) is 0 Å². The summed E-state index contributed by atoms with van der Waals surface area (Å²) in [4.78, 5) is 0. The summed E-state index contributed by atoms with van der Waals surface area (Å²) in [5.74, 6) is -0.565. The van der Waals surface area contributed by atoms with Crippen LogP contribution in [-0.4, -0.2) is 11.7 Å². The maximum atomic E-state index is 12.9. The largest absolute Gasteiger partial charge is 0.505 e. The number of phenols is 1. The topological polar surface area (TPSA) is 55.5 Å². The molecule has 0 radical (unpaired) electrons. The van der Waals surface area contributed by atoms with Crippen molar-refractivity contribution < 1.29 is 14.2 Å². The van der Waals surface area contributed by atoms with Crippen molar-refractivity contribution in [3.63, 3.8) is 0 Å². The van der Waals surface area contributed by atoms with Crippen LogP contribution in [-0.2, 0) is 0 Å². The second kappa shape index (κ2) is 2.88. The zero-order valence-corrected chi connectivity index (χ0v) is 6.96. The fourth-order valence-corrected chi connectivity index (χ4v) is 1.42. The van der Waals surface area contributed by atoms with Crippen LogP contribution in [0.1, 0.15) is 18.0 Å². The highest BCUT2D eigenvalue weighted by Gasteiger charge is 2.20. The molecule has 0 unspecified atom stereocenters. The molecular formula is C9H10FNO2. The molecule has 4 heteroatoms. The van der Waals surface area contributed by atoms with Crippen LogP contribution < -0.4 is 10.5 Å². The fourth-order valence-electron chi connectivity index (χ4n) is 1.42. The normalized spacial score (nSPS) is 20.6. The monoisotopic (exact) mass is 183 g/mol. The van der Waals surface area contributed by atoms with Gasteiger partial charge in [0.05, 0.1) is 6.61 Å². The van der Waals surface area contributed by atoms with Crippen LogP contribution in [0.15, 0.2) is 12.1 Å². The summed E-state index contributed by atoms with van der Waals surface area (Å²) < 4.78 is 18.1. The van der Waals surface area contributed by atoms with Crippen LogP contribution in [0.4, 0.5) is 4.39 Å². The van der Waals surface area contributed by atoms with E-state index in [9.17, 15) is 4.39 Å². The maximum Gasteiger partial charge on any atom is 0.165 e. The van der Waals surface area contributed by atoms with Gasteiger partial charge in [0.15, 0.2) is 11.6 Å². The highest BCUT2D eigenvalue weighted by atomic mass is 19.1. The van der Waals surface area contributed by atoms with Gasteiger partial charge in [-0.05, 0) is 6.07 Å². The number of halogens is 1. The average molecular weight is 183 g/mol. The molecule has 0 aromatic heterocycles. The van der Waals surface area contributed by atoms with Crippen molar-refractivity contribution in [3.8, 4) is 11.5 Å². The van der Waals surface area contributed by atoms with E-state index in [4.69, 9.17) is 15.6 Å². The third kappa shape index (κ3) is 1.33. The molecule has 0 spiro atoms. The van der Waals surface area contributed by atoms with Crippen LogP contribution >= 0.6 is 0 Å². The zero-order chi connectivity index (χ0) is 9.42. The number of rotatable bonds is 0. The maximum absolute atomic E-state index is 12.9. The molecule has 3 N–H and O–H groups in total. The van der Waals surface area contributed by atoms with Gasteiger partial charge in [-0.2, -0.15) is 0 Å². The molecule has 1 aromatic rings. The summed E-state index contributed by atoms with van der Waals surface area (Å²) in [6.45, 7) is 0.513. The van der Waals surface area contributed by atoms with Crippen LogP contribution in [0.3, 0.4) is 0 Å². The van der Waals surface area contributed by atoms with Gasteiger partial charge in [-0.1, -0.05) is 0 Å². The number of aromatic hydroxyl groups is 1. The summed E-state index contributed by atoms with van der Waals surface area (Å²) in [6, 6.07) is 2.30. The van der Waals surface area contributed by atoms with E-state index in [0.29, 0.717) is 24.3 Å². The average Bonchev–Trinajstić information content (AvgIpc) is 2.09.